The SMILES string of the molecule is CS(=O)(=O)c1ccc(-c2ncc(OCC3CCN(C(=O)c4cccs4)CC3)cc2OC(=O)C(F)(F)F)cc1. The van der Waals surface area contributed by atoms with Gasteiger partial charge in [-0.2, -0.15) is 13.2 Å². The molecule has 8 nitrogen and oxygen atoms in total. The highest BCUT2D eigenvalue weighted by Gasteiger charge is 2.42. The number of piperidine rings is 1. The van der Waals surface area contributed by atoms with Gasteiger partial charge >= 0.3 is 12.1 Å². The first-order chi connectivity index (χ1) is 17.9. The van der Waals surface area contributed by atoms with Crippen LogP contribution in [0, 0.1) is 5.92 Å². The fourth-order valence-corrected chi connectivity index (χ4v) is 5.21. The van der Waals surface area contributed by atoms with Gasteiger partial charge in [-0.05, 0) is 42.3 Å². The van der Waals surface area contributed by atoms with Crippen molar-refractivity contribution in [2.75, 3.05) is 26.0 Å². The van der Waals surface area contributed by atoms with Crippen LogP contribution in [0.5, 0.6) is 11.5 Å². The average Bonchev–Trinajstić information content (AvgIpc) is 3.42. The van der Waals surface area contributed by atoms with Gasteiger partial charge in [-0.25, -0.2) is 18.2 Å². The zero-order valence-corrected chi connectivity index (χ0v) is 21.7. The van der Waals surface area contributed by atoms with Gasteiger partial charge in [0.25, 0.3) is 5.91 Å². The molecule has 0 unspecified atom stereocenters. The molecule has 1 saturated heterocycles. The van der Waals surface area contributed by atoms with Crippen LogP contribution in [-0.2, 0) is 14.6 Å². The third kappa shape index (κ3) is 6.70. The maximum Gasteiger partial charge on any atom is 0.491 e. The Morgan fingerprint density at radius 3 is 2.39 bits per heavy atom. The number of sulfone groups is 1. The van der Waals surface area contributed by atoms with Crippen molar-refractivity contribution in [2.45, 2.75) is 23.9 Å². The van der Waals surface area contributed by atoms with E-state index in [4.69, 9.17) is 4.74 Å². The number of carbonyl (C=O) groups is 2. The first kappa shape index (κ1) is 27.6. The highest BCUT2D eigenvalue weighted by Crippen LogP contribution is 2.34. The summed E-state index contributed by atoms with van der Waals surface area (Å²) < 4.78 is 72.5. The van der Waals surface area contributed by atoms with Gasteiger partial charge in [-0.3, -0.25) is 4.79 Å². The molecule has 4 rings (SSSR count). The number of likely N-dealkylation sites (tertiary alicyclic amines) is 1. The molecule has 0 aliphatic carbocycles. The molecule has 1 amide bonds. The van der Waals surface area contributed by atoms with Gasteiger partial charge in [0.05, 0.1) is 22.6 Å². The predicted octanol–water partition coefficient (Wildman–Crippen LogP) is 4.61. The van der Waals surface area contributed by atoms with E-state index in [9.17, 15) is 31.2 Å². The van der Waals surface area contributed by atoms with E-state index in [0.717, 1.165) is 12.3 Å². The number of benzene rings is 1. The Labute approximate surface area is 220 Å². The summed E-state index contributed by atoms with van der Waals surface area (Å²) in [5.74, 6) is -2.71. The van der Waals surface area contributed by atoms with Gasteiger partial charge in [0.15, 0.2) is 15.6 Å². The number of pyridine rings is 1. The maximum atomic E-state index is 12.9. The molecule has 3 heterocycles. The number of ether oxygens (including phenoxy) is 2. The third-order valence-corrected chi connectivity index (χ3v) is 7.92. The predicted molar refractivity (Wildman–Crippen MR) is 133 cm³/mol. The standard InChI is InChI=1S/C25H23F3N2O6S2/c1-38(33,34)19-6-4-17(5-7-19)22-20(36-24(32)25(26,27)28)13-18(14-29-22)35-15-16-8-10-30(11-9-16)23(31)21-3-2-12-37-21/h2-7,12-14,16H,8-11,15H2,1H3. The molecule has 0 N–H and O–H groups in total. The van der Waals surface area contributed by atoms with Gasteiger partial charge in [0.2, 0.25) is 0 Å². The van der Waals surface area contributed by atoms with Crippen LogP contribution in [0.1, 0.15) is 22.5 Å². The van der Waals surface area contributed by atoms with Crippen LogP contribution in [0.2, 0.25) is 0 Å². The van der Waals surface area contributed by atoms with Crippen LogP contribution in [0.3, 0.4) is 0 Å². The molecule has 1 fully saturated rings. The van der Waals surface area contributed by atoms with Crippen LogP contribution < -0.4 is 9.47 Å². The number of aromatic nitrogens is 1. The lowest BCUT2D eigenvalue weighted by Crippen LogP contribution is -2.39. The summed E-state index contributed by atoms with van der Waals surface area (Å²) in [5.41, 5.74) is 0.159. The number of alkyl halides is 3. The van der Waals surface area contributed by atoms with Gasteiger partial charge in [0.1, 0.15) is 11.4 Å². The van der Waals surface area contributed by atoms with Crippen molar-refractivity contribution in [2.24, 2.45) is 5.92 Å². The molecule has 202 valence electrons. The minimum atomic E-state index is -5.23. The Kier molecular flexibility index (Phi) is 8.07. The van der Waals surface area contributed by atoms with E-state index in [-0.39, 0.29) is 40.3 Å². The number of esters is 1. The van der Waals surface area contributed by atoms with E-state index < -0.39 is 27.7 Å². The zero-order chi connectivity index (χ0) is 27.5. The first-order valence-corrected chi connectivity index (χ1v) is 14.2. The van der Waals surface area contributed by atoms with Crippen molar-refractivity contribution in [1.29, 1.82) is 0 Å². The normalized spacial score (nSPS) is 14.8. The van der Waals surface area contributed by atoms with E-state index in [1.807, 2.05) is 11.4 Å². The number of hydrogen-bond acceptors (Lipinski definition) is 8. The van der Waals surface area contributed by atoms with Crippen LogP contribution in [-0.4, -0.2) is 62.3 Å². The number of hydrogen-bond donors (Lipinski definition) is 0. The van der Waals surface area contributed by atoms with E-state index in [1.165, 1.54) is 41.8 Å². The first-order valence-electron chi connectivity index (χ1n) is 11.5. The highest BCUT2D eigenvalue weighted by atomic mass is 32.2. The Hall–Kier alpha value is -3.45. The molecule has 38 heavy (non-hydrogen) atoms. The maximum absolute atomic E-state index is 12.9. The minimum Gasteiger partial charge on any atom is -0.492 e. The number of thiophene rings is 1. The second-order valence-corrected chi connectivity index (χ2v) is 11.7. The summed E-state index contributed by atoms with van der Waals surface area (Å²) in [6.07, 6.45) is -1.55. The number of rotatable bonds is 7. The molecule has 3 aromatic rings. The average molecular weight is 569 g/mol. The fourth-order valence-electron chi connectivity index (χ4n) is 3.89. The summed E-state index contributed by atoms with van der Waals surface area (Å²) in [6, 6.07) is 10.0. The Balaban J connectivity index is 1.46. The van der Waals surface area contributed by atoms with Gasteiger partial charge in [-0.1, -0.05) is 18.2 Å². The molecular formula is C25H23F3N2O6S2. The Bertz CT molecular complexity index is 1400. The molecule has 2 aromatic heterocycles. The van der Waals surface area contributed by atoms with Crippen molar-refractivity contribution >= 4 is 33.1 Å². The molecule has 1 aromatic carbocycles. The van der Waals surface area contributed by atoms with Gasteiger partial charge < -0.3 is 14.4 Å². The van der Waals surface area contributed by atoms with Crippen molar-refractivity contribution in [3.8, 4) is 22.8 Å². The van der Waals surface area contributed by atoms with Crippen LogP contribution in [0.15, 0.2) is 58.9 Å². The Morgan fingerprint density at radius 2 is 1.82 bits per heavy atom. The molecule has 1 aliphatic rings. The van der Waals surface area contributed by atoms with Crippen molar-refractivity contribution < 1.29 is 40.7 Å². The molecule has 13 heteroatoms. The van der Waals surface area contributed by atoms with Crippen molar-refractivity contribution in [1.82, 2.24) is 9.88 Å². The third-order valence-electron chi connectivity index (χ3n) is 5.94. The molecule has 0 saturated carbocycles. The molecule has 0 spiro atoms. The van der Waals surface area contributed by atoms with Gasteiger partial charge in [0, 0.05) is 31.0 Å². The van der Waals surface area contributed by atoms with Crippen molar-refractivity contribution in [3.05, 3.63) is 58.9 Å². The van der Waals surface area contributed by atoms with E-state index in [1.54, 1.807) is 11.0 Å². The van der Waals surface area contributed by atoms with Crippen molar-refractivity contribution in [3.63, 3.8) is 0 Å². The summed E-state index contributed by atoms with van der Waals surface area (Å²) in [6.45, 7) is 1.34. The van der Waals surface area contributed by atoms with Crippen LogP contribution in [0.25, 0.3) is 11.3 Å². The number of halogens is 3. The summed E-state index contributed by atoms with van der Waals surface area (Å²) in [4.78, 5) is 30.7. The molecular weight excluding hydrogens is 545 g/mol. The monoisotopic (exact) mass is 568 g/mol. The Morgan fingerprint density at radius 1 is 1.13 bits per heavy atom. The molecule has 1 aliphatic heterocycles. The second-order valence-electron chi connectivity index (χ2n) is 8.73. The summed E-state index contributed by atoms with van der Waals surface area (Å²) >= 11 is 1.39. The minimum absolute atomic E-state index is 0.0122. The largest absolute Gasteiger partial charge is 0.492 e. The fraction of sp³-hybridized carbons (Fsp3) is 0.320. The van der Waals surface area contributed by atoms with E-state index >= 15 is 0 Å². The number of amides is 1. The quantitative estimate of drug-likeness (QED) is 0.384. The van der Waals surface area contributed by atoms with Crippen LogP contribution in [0.4, 0.5) is 13.2 Å². The lowest BCUT2D eigenvalue weighted by atomic mass is 9.97. The van der Waals surface area contributed by atoms with Gasteiger partial charge in [-0.15, -0.1) is 11.3 Å². The highest BCUT2D eigenvalue weighted by molar-refractivity contribution is 7.90. The zero-order valence-electron chi connectivity index (χ0n) is 20.1. The molecule has 0 radical (unpaired) electrons. The number of carbonyl (C=O) groups excluding carboxylic acids is 2. The second kappa shape index (κ2) is 11.1. The van der Waals surface area contributed by atoms with E-state index in [2.05, 4.69) is 9.72 Å². The molecule has 0 bridgehead atoms. The smallest absolute Gasteiger partial charge is 0.491 e. The topological polar surface area (TPSA) is 103 Å². The van der Waals surface area contributed by atoms with E-state index in [0.29, 0.717) is 30.8 Å². The lowest BCUT2D eigenvalue weighted by Gasteiger charge is -2.31. The summed E-state index contributed by atoms with van der Waals surface area (Å²) in [5, 5.41) is 1.85. The molecule has 0 atom stereocenters. The lowest BCUT2D eigenvalue weighted by molar-refractivity contribution is -0.189. The van der Waals surface area contributed by atoms with Crippen LogP contribution >= 0.6 is 11.3 Å². The summed E-state index contributed by atoms with van der Waals surface area (Å²) in [7, 11) is -3.49. The number of nitrogens with zero attached hydrogens (tertiary/aromatic N) is 2.